The number of methoxy groups -OCH3 is 1. The maximum Gasteiger partial charge on any atom is 0.433 e. The molecule has 0 saturated carbocycles. The first-order valence-electron chi connectivity index (χ1n) is 33.9. The lowest BCUT2D eigenvalue weighted by atomic mass is 10.1. The Labute approximate surface area is 561 Å². The van der Waals surface area contributed by atoms with Crippen molar-refractivity contribution in [3.8, 4) is 5.75 Å². The summed E-state index contributed by atoms with van der Waals surface area (Å²) < 4.78 is 98.3. The Kier molecular flexibility index (Phi) is 20.6. The average molecular weight is 1350 g/mol. The molecule has 4 saturated heterocycles. The van der Waals surface area contributed by atoms with Crippen LogP contribution in [0.2, 0.25) is 0 Å². The molecule has 98 heavy (non-hydrogen) atoms. The van der Waals surface area contributed by atoms with Crippen LogP contribution in [0.15, 0.2) is 124 Å². The molecule has 12 aromatic rings. The van der Waals surface area contributed by atoms with Crippen LogP contribution in [0.25, 0.3) is 87.2 Å². The number of nitrogens with one attached hydrogen (secondary N) is 3. The van der Waals surface area contributed by atoms with Gasteiger partial charge in [0.05, 0.1) is 96.6 Å². The Bertz CT molecular complexity index is 5020. The summed E-state index contributed by atoms with van der Waals surface area (Å²) >= 11 is 0. The quantitative estimate of drug-likeness (QED) is 0.0735. The van der Waals surface area contributed by atoms with E-state index in [0.717, 1.165) is 182 Å². The number of morpholine rings is 3. The number of rotatable bonds is 13. The largest absolute Gasteiger partial charge is 0.497 e. The van der Waals surface area contributed by atoms with Crippen LogP contribution < -0.4 is 21.0 Å². The summed E-state index contributed by atoms with van der Waals surface area (Å²) in [6.45, 7) is 24.2. The Balaban J connectivity index is 0.000000118. The molecule has 0 radical (unpaired) electrons. The van der Waals surface area contributed by atoms with Gasteiger partial charge in [-0.25, -0.2) is 4.98 Å². The van der Waals surface area contributed by atoms with Crippen LogP contribution in [-0.4, -0.2) is 183 Å². The fourth-order valence-electron chi connectivity index (χ4n) is 14.8. The summed E-state index contributed by atoms with van der Waals surface area (Å²) in [7, 11) is 1.67. The van der Waals surface area contributed by atoms with Crippen molar-refractivity contribution in [1.82, 2.24) is 57.8 Å². The van der Waals surface area contributed by atoms with Gasteiger partial charge in [0.15, 0.2) is 22.2 Å². The van der Waals surface area contributed by atoms with Crippen molar-refractivity contribution in [3.05, 3.63) is 175 Å². The summed E-state index contributed by atoms with van der Waals surface area (Å²) in [5.41, 5.74) is 8.47. The van der Waals surface area contributed by atoms with E-state index in [-0.39, 0.29) is 27.8 Å². The topological polar surface area (TPSA) is 181 Å². The summed E-state index contributed by atoms with van der Waals surface area (Å²) in [4.78, 5) is 57.5. The first-order chi connectivity index (χ1) is 47.5. The van der Waals surface area contributed by atoms with E-state index in [2.05, 4.69) is 66.2 Å². The molecule has 19 nitrogen and oxygen atoms in total. The Hall–Kier alpha value is -8.75. The number of aryl methyl sites for hydroxylation is 3. The highest BCUT2D eigenvalue weighted by molar-refractivity contribution is 6.11. The number of halogens is 5. The molecule has 0 unspecified atom stereocenters. The Morgan fingerprint density at radius 3 is 1.34 bits per heavy atom. The molecule has 3 N–H and O–H groups in total. The highest BCUT2D eigenvalue weighted by Gasteiger charge is 2.36. The minimum Gasteiger partial charge on any atom is -0.497 e. The number of hydrogen-bond donors (Lipinski definition) is 3. The molecule has 24 heteroatoms. The van der Waals surface area contributed by atoms with Crippen LogP contribution in [0.1, 0.15) is 42.0 Å². The van der Waals surface area contributed by atoms with Crippen molar-refractivity contribution in [3.63, 3.8) is 0 Å². The first kappa shape index (κ1) is 67.8. The minimum atomic E-state index is -4.51. The van der Waals surface area contributed by atoms with Crippen molar-refractivity contribution in [2.24, 2.45) is 0 Å². The summed E-state index contributed by atoms with van der Waals surface area (Å²) in [6, 6.07) is 27.5. The zero-order valence-corrected chi connectivity index (χ0v) is 55.8. The molecule has 4 fully saturated rings. The second-order valence-corrected chi connectivity index (χ2v) is 25.7. The average Bonchev–Trinajstić information content (AvgIpc) is 1.56. The zero-order valence-electron chi connectivity index (χ0n) is 55.8. The molecule has 16 rings (SSSR count). The van der Waals surface area contributed by atoms with E-state index in [1.807, 2.05) is 44.3 Å². The summed E-state index contributed by atoms with van der Waals surface area (Å²) in [5.74, 6) is 0.0370. The number of hydrogen-bond acceptors (Lipinski definition) is 12. The molecule has 4 aromatic carbocycles. The number of nitrogens with zero attached hydrogens (tertiary/aromatic N) is 9. The highest BCUT2D eigenvalue weighted by Crippen LogP contribution is 2.39. The number of ether oxygens (including phenoxy) is 4. The van der Waals surface area contributed by atoms with Gasteiger partial charge in [0.1, 0.15) is 11.4 Å². The Morgan fingerprint density at radius 1 is 0.439 bits per heavy atom. The first-order valence-corrected chi connectivity index (χ1v) is 33.9. The lowest BCUT2D eigenvalue weighted by Crippen LogP contribution is -2.38. The van der Waals surface area contributed by atoms with Crippen LogP contribution in [-0.2, 0) is 46.6 Å². The molecule has 0 bridgehead atoms. The predicted octanol–water partition coefficient (Wildman–Crippen LogP) is 11.4. The molecule has 4 aliphatic rings. The second-order valence-electron chi connectivity index (χ2n) is 25.7. The molecule has 12 heterocycles. The molecule has 516 valence electrons. The van der Waals surface area contributed by atoms with Gasteiger partial charge in [-0.2, -0.15) is 22.0 Å². The number of H-pyrrole nitrogens is 3. The maximum atomic E-state index is 13.9. The van der Waals surface area contributed by atoms with Gasteiger partial charge >= 0.3 is 6.18 Å². The molecule has 0 aliphatic carbocycles. The number of pyridine rings is 4. The fraction of sp³-hybridized carbons (Fsp3) is 0.405. The Morgan fingerprint density at radius 2 is 0.847 bits per heavy atom. The lowest BCUT2D eigenvalue weighted by molar-refractivity contribution is -0.140. The molecular weight excluding hydrogens is 1260 g/mol. The number of piperidine rings is 1. The number of aromatic amines is 3. The molecule has 4 aliphatic heterocycles. The van der Waals surface area contributed by atoms with E-state index in [0.29, 0.717) is 42.6 Å². The van der Waals surface area contributed by atoms with Gasteiger partial charge in [-0.05, 0) is 107 Å². The maximum absolute atomic E-state index is 13.9. The third-order valence-corrected chi connectivity index (χ3v) is 19.6. The van der Waals surface area contributed by atoms with Crippen molar-refractivity contribution in [2.75, 3.05) is 125 Å². The van der Waals surface area contributed by atoms with Crippen molar-refractivity contribution >= 4 is 87.2 Å². The number of alkyl halides is 3. The third-order valence-electron chi connectivity index (χ3n) is 19.6. The number of fused-ring (bicyclic) bond motifs is 12. The minimum absolute atomic E-state index is 0.0277. The monoisotopic (exact) mass is 1350 g/mol. The standard InChI is InChI=1S/C20H24FN3O.C18H18F3N3O2.C18H20FN3O2.C18H21N3O2/c1-14-20-17(13-19(21)22-14)16-7-6-15(25-2)12-18(16)24(20)11-10-23-8-4-3-5-9-23;19-18(20,21)17-16-14(3-4-22-17)13-2-1-12(25)11-15(13)24(16)6-5-23-7-9-26-10-8-23;1-12-18-15(11-17(19)20-12)14-3-2-13(23)10-16(14)22(18)5-4-21-6-8-24-9-7-21;1-13-18-16(4-5-19-13)15-3-2-14(22)12-17(15)21(18)7-6-20-8-10-23-11-9-20/h6-7,12-13H,3-5,8-11H2,1-2H3;1-4,11,22H,5-10H2;2-3,10-11,20H,4-9H2,1H3;2-5,12,19H,6-11H2,1H3. The van der Waals surface area contributed by atoms with Crippen LogP contribution in [0, 0.1) is 32.7 Å². The van der Waals surface area contributed by atoms with Crippen molar-refractivity contribution in [2.45, 2.75) is 72.4 Å². The molecular formula is C74H83F5N12O7. The van der Waals surface area contributed by atoms with Gasteiger partial charge < -0.3 is 57.1 Å². The van der Waals surface area contributed by atoms with Crippen LogP contribution in [0.4, 0.5) is 22.0 Å². The van der Waals surface area contributed by atoms with E-state index in [4.69, 9.17) is 18.9 Å². The van der Waals surface area contributed by atoms with Gasteiger partial charge in [-0.1, -0.05) is 6.42 Å². The zero-order chi connectivity index (χ0) is 68.2. The van der Waals surface area contributed by atoms with Crippen LogP contribution in [0.3, 0.4) is 0 Å². The second kappa shape index (κ2) is 29.8. The van der Waals surface area contributed by atoms with E-state index in [1.54, 1.807) is 54.1 Å². The fourth-order valence-corrected chi connectivity index (χ4v) is 14.8. The predicted molar refractivity (Wildman–Crippen MR) is 375 cm³/mol. The summed E-state index contributed by atoms with van der Waals surface area (Å²) in [6.07, 6.45) is 2.66. The normalized spacial score (nSPS) is 16.3. The van der Waals surface area contributed by atoms with E-state index in [9.17, 15) is 36.3 Å². The number of benzene rings is 4. The molecule has 0 atom stereocenters. The lowest BCUT2D eigenvalue weighted by Gasteiger charge is -2.27. The smallest absolute Gasteiger partial charge is 0.433 e. The SMILES string of the molecule is COc1ccc2c3cc(F)nc(C)c3n(CCN3CCCCC3)c2c1.Cc1[nH]c(F)cc2c3ccc(=O)cc3n(CCN3CCOCC3)c12.Cc1[nH]ccc2c3ccc(=O)cc3n(CCN3CCOCC3)c12.O=c1ccc2c3cc[nH]c(C(F)(F)F)c3n(CCN3CCOCC3)c2c1. The van der Waals surface area contributed by atoms with E-state index in [1.165, 1.54) is 73.7 Å². The van der Waals surface area contributed by atoms with Gasteiger partial charge in [0.2, 0.25) is 5.95 Å². The van der Waals surface area contributed by atoms with Gasteiger partial charge in [0.25, 0.3) is 0 Å². The number of aromatic nitrogens is 8. The van der Waals surface area contributed by atoms with E-state index < -0.39 is 17.8 Å². The van der Waals surface area contributed by atoms with Gasteiger partial charge in [-0.15, -0.1) is 0 Å². The highest BCUT2D eigenvalue weighted by atomic mass is 19.4. The van der Waals surface area contributed by atoms with Crippen LogP contribution >= 0.6 is 0 Å². The molecule has 0 spiro atoms. The third kappa shape index (κ3) is 14.5. The van der Waals surface area contributed by atoms with Crippen LogP contribution in [0.5, 0.6) is 5.75 Å². The molecule has 8 aromatic heterocycles. The van der Waals surface area contributed by atoms with Gasteiger partial charge in [0, 0.05) is 195 Å². The number of likely N-dealkylation sites (tertiary alicyclic amines) is 1. The van der Waals surface area contributed by atoms with Crippen molar-refractivity contribution < 1.29 is 40.9 Å². The molecule has 0 amide bonds. The van der Waals surface area contributed by atoms with Crippen molar-refractivity contribution in [1.29, 1.82) is 0 Å². The van der Waals surface area contributed by atoms with E-state index >= 15 is 0 Å². The summed E-state index contributed by atoms with van der Waals surface area (Å²) in [5, 5.41) is 7.26. The van der Waals surface area contributed by atoms with Gasteiger partial charge in [-0.3, -0.25) is 29.1 Å².